The van der Waals surface area contributed by atoms with Gasteiger partial charge in [0.2, 0.25) is 5.78 Å². The zero-order valence-electron chi connectivity index (χ0n) is 18.6. The van der Waals surface area contributed by atoms with E-state index >= 15 is 0 Å². The number of hydrogen-bond acceptors (Lipinski definition) is 5. The summed E-state index contributed by atoms with van der Waals surface area (Å²) in [6, 6.07) is 9.76. The molecule has 1 atom stereocenters. The minimum absolute atomic E-state index is 0.0347. The van der Waals surface area contributed by atoms with E-state index in [9.17, 15) is 14.7 Å². The molecule has 2 aromatic rings. The van der Waals surface area contributed by atoms with Crippen molar-refractivity contribution in [3.8, 4) is 5.75 Å². The second kappa shape index (κ2) is 9.83. The topological polar surface area (TPSA) is 84.4 Å². The molecular formula is C24H31N2O5+. The third-order valence-corrected chi connectivity index (χ3v) is 5.57. The lowest BCUT2D eigenvalue weighted by Crippen LogP contribution is -3.12. The number of benzene rings is 1. The van der Waals surface area contributed by atoms with E-state index in [1.165, 1.54) is 17.2 Å². The number of quaternary nitrogens is 1. The number of carbonyl (C=O) groups excluding carboxylic acids is 2. The van der Waals surface area contributed by atoms with Gasteiger partial charge in [-0.3, -0.25) is 9.59 Å². The monoisotopic (exact) mass is 427 g/mol. The van der Waals surface area contributed by atoms with Crippen LogP contribution in [-0.4, -0.2) is 54.0 Å². The molecule has 1 aliphatic rings. The van der Waals surface area contributed by atoms with Gasteiger partial charge in [-0.1, -0.05) is 12.1 Å². The van der Waals surface area contributed by atoms with Gasteiger partial charge in [0.05, 0.1) is 50.2 Å². The van der Waals surface area contributed by atoms with Crippen LogP contribution in [0.2, 0.25) is 0 Å². The van der Waals surface area contributed by atoms with Crippen molar-refractivity contribution in [1.82, 2.24) is 4.90 Å². The van der Waals surface area contributed by atoms with E-state index in [1.54, 1.807) is 11.0 Å². The van der Waals surface area contributed by atoms with Crippen LogP contribution in [0.25, 0.3) is 0 Å². The van der Waals surface area contributed by atoms with Crippen LogP contribution in [0, 0.1) is 0 Å². The number of rotatable bonds is 10. The van der Waals surface area contributed by atoms with Crippen molar-refractivity contribution in [2.45, 2.75) is 39.8 Å². The molecule has 0 saturated heterocycles. The van der Waals surface area contributed by atoms with Crippen molar-refractivity contribution in [3.63, 3.8) is 0 Å². The Hall–Kier alpha value is -3.06. The van der Waals surface area contributed by atoms with Crippen LogP contribution in [0.3, 0.4) is 0 Å². The molecule has 1 aromatic heterocycles. The van der Waals surface area contributed by atoms with E-state index in [4.69, 9.17) is 9.15 Å². The highest BCUT2D eigenvalue weighted by Gasteiger charge is 2.44. The SMILES string of the molecule is CC[NH+](CC)CCN1C(=O)C(O)=C(C(=O)c2ccco2)[C@@H]1c1ccc(OC(C)C)cc1. The van der Waals surface area contributed by atoms with Crippen LogP contribution in [0.15, 0.2) is 58.4 Å². The standard InChI is InChI=1S/C24H30N2O5/c1-5-25(6-2)13-14-26-21(17-9-11-18(12-10-17)31-16(3)4)20(23(28)24(26)29)22(27)19-8-7-15-30-19/h7-12,15-16,21,28H,5-6,13-14H2,1-4H3/p+1/t21-/m0/s1. The van der Waals surface area contributed by atoms with Crippen molar-refractivity contribution in [2.75, 3.05) is 26.2 Å². The molecule has 0 fully saturated rings. The van der Waals surface area contributed by atoms with Crippen LogP contribution in [-0.2, 0) is 4.79 Å². The number of likely N-dealkylation sites (N-methyl/N-ethyl adjacent to an activating group) is 1. The molecule has 1 aliphatic heterocycles. The Bertz CT molecular complexity index is 927. The molecular weight excluding hydrogens is 396 g/mol. The van der Waals surface area contributed by atoms with Crippen molar-refractivity contribution < 1.29 is 28.7 Å². The van der Waals surface area contributed by atoms with Gasteiger partial charge in [-0.25, -0.2) is 0 Å². The van der Waals surface area contributed by atoms with Crippen molar-refractivity contribution in [2.24, 2.45) is 0 Å². The fourth-order valence-corrected chi connectivity index (χ4v) is 3.89. The smallest absolute Gasteiger partial charge is 0.290 e. The Labute approximate surface area is 182 Å². The minimum atomic E-state index is -0.687. The molecule has 3 rings (SSSR count). The molecule has 0 bridgehead atoms. The van der Waals surface area contributed by atoms with Gasteiger partial charge in [-0.2, -0.15) is 0 Å². The van der Waals surface area contributed by atoms with Crippen LogP contribution in [0.4, 0.5) is 0 Å². The highest BCUT2D eigenvalue weighted by Crippen LogP contribution is 2.39. The lowest BCUT2D eigenvalue weighted by Gasteiger charge is -2.28. The lowest BCUT2D eigenvalue weighted by molar-refractivity contribution is -0.895. The number of ether oxygens (including phenoxy) is 1. The number of ketones is 1. The first-order chi connectivity index (χ1) is 14.9. The quantitative estimate of drug-likeness (QED) is 0.570. The van der Waals surface area contributed by atoms with Crippen LogP contribution >= 0.6 is 0 Å². The maximum absolute atomic E-state index is 13.1. The lowest BCUT2D eigenvalue weighted by atomic mass is 9.95. The summed E-state index contributed by atoms with van der Waals surface area (Å²) >= 11 is 0. The van der Waals surface area contributed by atoms with E-state index < -0.39 is 23.5 Å². The van der Waals surface area contributed by atoms with Gasteiger partial charge >= 0.3 is 0 Å². The summed E-state index contributed by atoms with van der Waals surface area (Å²) in [6.45, 7) is 11.1. The number of aliphatic hydroxyl groups is 1. The van der Waals surface area contributed by atoms with E-state index in [-0.39, 0.29) is 17.4 Å². The number of hydrogen-bond donors (Lipinski definition) is 2. The molecule has 166 valence electrons. The maximum Gasteiger partial charge on any atom is 0.290 e. The summed E-state index contributed by atoms with van der Waals surface area (Å²) in [5.41, 5.74) is 0.782. The Balaban J connectivity index is 1.97. The van der Waals surface area contributed by atoms with E-state index in [0.29, 0.717) is 12.3 Å². The number of furan rings is 1. The van der Waals surface area contributed by atoms with Crippen LogP contribution in [0.1, 0.15) is 49.9 Å². The normalized spacial score (nSPS) is 16.6. The minimum Gasteiger partial charge on any atom is -0.503 e. The Kier molecular flexibility index (Phi) is 7.17. The Morgan fingerprint density at radius 2 is 1.87 bits per heavy atom. The first kappa shape index (κ1) is 22.6. The summed E-state index contributed by atoms with van der Waals surface area (Å²) in [6.07, 6.45) is 1.43. The van der Waals surface area contributed by atoms with Crippen LogP contribution < -0.4 is 9.64 Å². The fraction of sp³-hybridized carbons (Fsp3) is 0.417. The third kappa shape index (κ3) is 4.82. The number of amides is 1. The van der Waals surface area contributed by atoms with Crippen molar-refractivity contribution in [3.05, 3.63) is 65.3 Å². The molecule has 0 spiro atoms. The predicted molar refractivity (Wildman–Crippen MR) is 116 cm³/mol. The van der Waals surface area contributed by atoms with Crippen molar-refractivity contribution >= 4 is 11.7 Å². The summed E-state index contributed by atoms with van der Waals surface area (Å²) < 4.78 is 11.0. The van der Waals surface area contributed by atoms with Gasteiger partial charge in [-0.15, -0.1) is 0 Å². The third-order valence-electron chi connectivity index (χ3n) is 5.57. The van der Waals surface area contributed by atoms with Crippen molar-refractivity contribution in [1.29, 1.82) is 0 Å². The predicted octanol–water partition coefficient (Wildman–Crippen LogP) is 2.57. The maximum atomic E-state index is 13.1. The first-order valence-corrected chi connectivity index (χ1v) is 10.8. The number of nitrogens with zero attached hydrogens (tertiary/aromatic N) is 1. The molecule has 2 N–H and O–H groups in total. The van der Waals surface area contributed by atoms with Crippen LogP contribution in [0.5, 0.6) is 5.75 Å². The number of Topliss-reactive ketones (excluding diaryl/α,β-unsaturated/α-hetero) is 1. The van der Waals surface area contributed by atoms with Gasteiger partial charge in [0, 0.05) is 0 Å². The highest BCUT2D eigenvalue weighted by atomic mass is 16.5. The number of aliphatic hydroxyl groups excluding tert-OH is 1. The molecule has 0 saturated carbocycles. The Morgan fingerprint density at radius 3 is 2.42 bits per heavy atom. The average Bonchev–Trinajstić information content (AvgIpc) is 3.37. The van der Waals surface area contributed by atoms with E-state index in [0.717, 1.165) is 25.2 Å². The molecule has 2 heterocycles. The highest BCUT2D eigenvalue weighted by molar-refractivity contribution is 6.15. The van der Waals surface area contributed by atoms with Gasteiger partial charge in [-0.05, 0) is 57.5 Å². The molecule has 7 heteroatoms. The van der Waals surface area contributed by atoms with Gasteiger partial charge in [0.1, 0.15) is 5.75 Å². The molecule has 1 amide bonds. The summed E-state index contributed by atoms with van der Waals surface area (Å²) in [5.74, 6) is -0.733. The van der Waals surface area contributed by atoms with E-state index in [2.05, 4.69) is 13.8 Å². The molecule has 0 radical (unpaired) electrons. The molecule has 1 aromatic carbocycles. The van der Waals surface area contributed by atoms with Gasteiger partial charge in [0.15, 0.2) is 11.5 Å². The largest absolute Gasteiger partial charge is 0.503 e. The fourth-order valence-electron chi connectivity index (χ4n) is 3.89. The molecule has 31 heavy (non-hydrogen) atoms. The molecule has 0 unspecified atom stereocenters. The second-order valence-electron chi connectivity index (χ2n) is 7.91. The zero-order chi connectivity index (χ0) is 22.5. The summed E-state index contributed by atoms with van der Waals surface area (Å²) in [7, 11) is 0. The van der Waals surface area contributed by atoms with Gasteiger partial charge < -0.3 is 24.1 Å². The number of nitrogens with one attached hydrogen (secondary N) is 1. The van der Waals surface area contributed by atoms with Gasteiger partial charge in [0.25, 0.3) is 5.91 Å². The number of carbonyl (C=O) groups is 2. The first-order valence-electron chi connectivity index (χ1n) is 10.8. The average molecular weight is 428 g/mol. The van der Waals surface area contributed by atoms with E-state index in [1.807, 2.05) is 38.1 Å². The zero-order valence-corrected chi connectivity index (χ0v) is 18.6. The second-order valence-corrected chi connectivity index (χ2v) is 7.91. The Morgan fingerprint density at radius 1 is 1.19 bits per heavy atom. The summed E-state index contributed by atoms with van der Waals surface area (Å²) in [4.78, 5) is 29.0. The summed E-state index contributed by atoms with van der Waals surface area (Å²) in [5, 5.41) is 10.7. The molecule has 7 nitrogen and oxygen atoms in total. The molecule has 0 aliphatic carbocycles.